The van der Waals surface area contributed by atoms with Crippen molar-refractivity contribution in [1.29, 1.82) is 0 Å². The van der Waals surface area contributed by atoms with Crippen molar-refractivity contribution in [2.24, 2.45) is 0 Å². The highest BCUT2D eigenvalue weighted by molar-refractivity contribution is 6.13. The summed E-state index contributed by atoms with van der Waals surface area (Å²) in [5, 5.41) is 4.40. The van der Waals surface area contributed by atoms with Crippen LogP contribution in [-0.4, -0.2) is 15.0 Å². The van der Waals surface area contributed by atoms with Crippen LogP contribution in [0.15, 0.2) is 168 Å². The first-order valence-corrected chi connectivity index (χ1v) is 15.7. The van der Waals surface area contributed by atoms with E-state index in [0.717, 1.165) is 55.3 Å². The second kappa shape index (κ2) is 11.2. The van der Waals surface area contributed by atoms with E-state index in [0.29, 0.717) is 17.5 Å². The number of aromatic nitrogens is 3. The highest BCUT2D eigenvalue weighted by Gasteiger charge is 2.20. The van der Waals surface area contributed by atoms with E-state index in [4.69, 9.17) is 19.4 Å². The van der Waals surface area contributed by atoms with Crippen LogP contribution in [0.25, 0.3) is 89.1 Å². The van der Waals surface area contributed by atoms with Crippen LogP contribution in [0.4, 0.5) is 0 Å². The van der Waals surface area contributed by atoms with Gasteiger partial charge in [0.05, 0.1) is 0 Å². The molecule has 0 aliphatic carbocycles. The van der Waals surface area contributed by atoms with E-state index in [1.807, 2.05) is 54.6 Å². The van der Waals surface area contributed by atoms with E-state index in [2.05, 4.69) is 109 Å². The van der Waals surface area contributed by atoms with Crippen molar-refractivity contribution in [3.8, 4) is 56.4 Å². The van der Waals surface area contributed by atoms with Gasteiger partial charge in [-0.3, -0.25) is 0 Å². The number of hydrogen-bond donors (Lipinski definition) is 0. The van der Waals surface area contributed by atoms with Gasteiger partial charge in [-0.05, 0) is 57.3 Å². The van der Waals surface area contributed by atoms with Gasteiger partial charge in [-0.15, -0.1) is 0 Å². The lowest BCUT2D eigenvalue weighted by atomic mass is 9.96. The highest BCUT2D eigenvalue weighted by atomic mass is 16.3. The molecule has 0 atom stereocenters. The molecule has 0 unspecified atom stereocenters. The maximum absolute atomic E-state index is 6.48. The Bertz CT molecular complexity index is 2550. The minimum absolute atomic E-state index is 0.597. The fraction of sp³-hybridized carbons (Fsp3) is 0. The third-order valence-corrected chi connectivity index (χ3v) is 8.72. The van der Waals surface area contributed by atoms with Crippen molar-refractivity contribution in [1.82, 2.24) is 15.0 Å². The predicted molar refractivity (Wildman–Crippen MR) is 192 cm³/mol. The molecule has 220 valence electrons. The van der Waals surface area contributed by atoms with Crippen LogP contribution in [0.5, 0.6) is 0 Å². The van der Waals surface area contributed by atoms with Crippen LogP contribution in [0.3, 0.4) is 0 Å². The lowest BCUT2D eigenvalue weighted by Crippen LogP contribution is -2.00. The first-order chi connectivity index (χ1) is 23.3. The lowest BCUT2D eigenvalue weighted by Gasteiger charge is -2.12. The average molecular weight is 602 g/mol. The number of hydrogen-bond acceptors (Lipinski definition) is 4. The van der Waals surface area contributed by atoms with E-state index in [1.54, 1.807) is 0 Å². The van der Waals surface area contributed by atoms with Gasteiger partial charge in [-0.1, -0.05) is 140 Å². The molecule has 4 nitrogen and oxygen atoms in total. The summed E-state index contributed by atoms with van der Waals surface area (Å²) in [5.41, 5.74) is 8.81. The van der Waals surface area contributed by atoms with Crippen molar-refractivity contribution < 1.29 is 4.42 Å². The van der Waals surface area contributed by atoms with Crippen molar-refractivity contribution in [3.63, 3.8) is 0 Å². The maximum Gasteiger partial charge on any atom is 0.164 e. The second-order valence-electron chi connectivity index (χ2n) is 11.7. The molecule has 0 N–H and O–H groups in total. The zero-order valence-electron chi connectivity index (χ0n) is 25.3. The third-order valence-electron chi connectivity index (χ3n) is 8.72. The minimum Gasteiger partial charge on any atom is -0.456 e. The van der Waals surface area contributed by atoms with E-state index in [9.17, 15) is 0 Å². The van der Waals surface area contributed by atoms with E-state index in [-0.39, 0.29) is 0 Å². The molecule has 9 aromatic rings. The summed E-state index contributed by atoms with van der Waals surface area (Å²) in [4.78, 5) is 15.3. The van der Waals surface area contributed by atoms with Crippen LogP contribution in [-0.2, 0) is 0 Å². The molecule has 0 aliphatic rings. The third kappa shape index (κ3) is 4.93. The molecule has 0 spiro atoms. The Balaban J connectivity index is 1.28. The topological polar surface area (TPSA) is 51.8 Å². The van der Waals surface area contributed by atoms with Crippen LogP contribution in [0, 0.1) is 0 Å². The van der Waals surface area contributed by atoms with Gasteiger partial charge in [0.15, 0.2) is 17.5 Å². The minimum atomic E-state index is 0.597. The molecule has 0 saturated heterocycles. The molecule has 0 amide bonds. The monoisotopic (exact) mass is 601 g/mol. The number of para-hydroxylation sites is 1. The Kier molecular flexibility index (Phi) is 6.43. The molecule has 0 fully saturated rings. The number of furan rings is 1. The quantitative estimate of drug-likeness (QED) is 0.197. The SMILES string of the molecule is c1ccc(-c2ccc(-c3nc(-c4ccccc4)nc(-c4cc(-c5ccc6ccccc6c5)cc5oc6ccccc6c45)n3)cc2)cc1. The molecule has 2 heterocycles. The van der Waals surface area contributed by atoms with Gasteiger partial charge in [0.2, 0.25) is 0 Å². The fourth-order valence-electron chi connectivity index (χ4n) is 6.35. The standard InChI is InChI=1S/C43H27N3O/c1-3-11-28(12-4-1)30-19-22-32(23-20-30)42-44-41(31-14-5-2-6-15-31)45-43(46-42)37-26-35(34-24-21-29-13-7-8-16-33(29)25-34)27-39-40(37)36-17-9-10-18-38(36)47-39/h1-27H. The highest BCUT2D eigenvalue weighted by Crippen LogP contribution is 2.40. The van der Waals surface area contributed by atoms with E-state index >= 15 is 0 Å². The summed E-state index contributed by atoms with van der Waals surface area (Å²) >= 11 is 0. The van der Waals surface area contributed by atoms with Crippen molar-refractivity contribution >= 4 is 32.7 Å². The Labute approximate surface area is 271 Å². The van der Waals surface area contributed by atoms with Gasteiger partial charge in [-0.25, -0.2) is 15.0 Å². The molecule has 9 rings (SSSR count). The summed E-state index contributed by atoms with van der Waals surface area (Å²) in [6.07, 6.45) is 0. The molecule has 0 aliphatic heterocycles. The largest absolute Gasteiger partial charge is 0.456 e. The molecule has 2 aromatic heterocycles. The van der Waals surface area contributed by atoms with Crippen molar-refractivity contribution in [2.45, 2.75) is 0 Å². The lowest BCUT2D eigenvalue weighted by molar-refractivity contribution is 0.669. The second-order valence-corrected chi connectivity index (χ2v) is 11.7. The first kappa shape index (κ1) is 27.0. The summed E-state index contributed by atoms with van der Waals surface area (Å²) in [6.45, 7) is 0. The summed E-state index contributed by atoms with van der Waals surface area (Å²) in [6, 6.07) is 56.4. The van der Waals surface area contributed by atoms with Gasteiger partial charge < -0.3 is 4.42 Å². The summed E-state index contributed by atoms with van der Waals surface area (Å²) in [7, 11) is 0. The molecular weight excluding hydrogens is 574 g/mol. The number of fused-ring (bicyclic) bond motifs is 4. The van der Waals surface area contributed by atoms with E-state index < -0.39 is 0 Å². The Morgan fingerprint density at radius 2 is 0.894 bits per heavy atom. The van der Waals surface area contributed by atoms with Crippen LogP contribution in [0.1, 0.15) is 0 Å². The maximum atomic E-state index is 6.48. The summed E-state index contributed by atoms with van der Waals surface area (Å²) < 4.78 is 6.48. The smallest absolute Gasteiger partial charge is 0.164 e. The Morgan fingerprint density at radius 1 is 0.340 bits per heavy atom. The molecule has 0 bridgehead atoms. The van der Waals surface area contributed by atoms with Crippen LogP contribution < -0.4 is 0 Å². The van der Waals surface area contributed by atoms with Crippen LogP contribution >= 0.6 is 0 Å². The average Bonchev–Trinajstić information content (AvgIpc) is 3.53. The van der Waals surface area contributed by atoms with Crippen LogP contribution in [0.2, 0.25) is 0 Å². The van der Waals surface area contributed by atoms with Gasteiger partial charge in [0.25, 0.3) is 0 Å². The van der Waals surface area contributed by atoms with Gasteiger partial charge in [0, 0.05) is 27.5 Å². The van der Waals surface area contributed by atoms with Gasteiger partial charge >= 0.3 is 0 Å². The molecule has 0 saturated carbocycles. The molecule has 0 radical (unpaired) electrons. The zero-order chi connectivity index (χ0) is 31.2. The molecular formula is C43H27N3O. The molecule has 47 heavy (non-hydrogen) atoms. The normalized spacial score (nSPS) is 11.4. The summed E-state index contributed by atoms with van der Waals surface area (Å²) in [5.74, 6) is 1.83. The first-order valence-electron chi connectivity index (χ1n) is 15.7. The molecule has 4 heteroatoms. The number of rotatable bonds is 5. The number of nitrogens with zero attached hydrogens (tertiary/aromatic N) is 3. The molecule has 7 aromatic carbocycles. The number of benzene rings is 7. The zero-order valence-corrected chi connectivity index (χ0v) is 25.3. The van der Waals surface area contributed by atoms with E-state index in [1.165, 1.54) is 16.3 Å². The van der Waals surface area contributed by atoms with Gasteiger partial charge in [0.1, 0.15) is 11.2 Å². The van der Waals surface area contributed by atoms with Crippen molar-refractivity contribution in [2.75, 3.05) is 0 Å². The Morgan fingerprint density at radius 3 is 1.66 bits per heavy atom. The van der Waals surface area contributed by atoms with Gasteiger partial charge in [-0.2, -0.15) is 0 Å². The Hall–Kier alpha value is -6.39. The van der Waals surface area contributed by atoms with Crippen molar-refractivity contribution in [3.05, 3.63) is 164 Å². The predicted octanol–water partition coefficient (Wildman–Crippen LogP) is 11.3. The fourth-order valence-corrected chi connectivity index (χ4v) is 6.35.